The van der Waals surface area contributed by atoms with Crippen LogP contribution >= 0.6 is 0 Å². The Morgan fingerprint density at radius 3 is 2.02 bits per heavy atom. The number of carbonyl (C=O) groups is 3. The predicted octanol–water partition coefficient (Wildman–Crippen LogP) is 3.21. The number of fused-ring (bicyclic) bond motifs is 1. The minimum absolute atomic E-state index is 0.0186. The van der Waals surface area contributed by atoms with Gasteiger partial charge in [-0.3, -0.25) is 14.4 Å². The Bertz CT molecular complexity index is 1220. The highest BCUT2D eigenvalue weighted by Gasteiger charge is 2.39. The van der Waals surface area contributed by atoms with Crippen LogP contribution in [0.3, 0.4) is 0 Å². The molecule has 1 aliphatic heterocycles. The zero-order chi connectivity index (χ0) is 31.8. The van der Waals surface area contributed by atoms with Crippen molar-refractivity contribution in [2.24, 2.45) is 13.0 Å². The van der Waals surface area contributed by atoms with E-state index >= 15 is 0 Å². The Balaban J connectivity index is 0.000000367. The summed E-state index contributed by atoms with van der Waals surface area (Å²) in [4.78, 5) is 39.5. The largest absolute Gasteiger partial charge is 0.490 e. The summed E-state index contributed by atoms with van der Waals surface area (Å²) in [7, 11) is 5.55. The molecular formula is C25H32F6N6O5. The van der Waals surface area contributed by atoms with E-state index in [1.807, 2.05) is 17.9 Å². The van der Waals surface area contributed by atoms with Crippen molar-refractivity contribution in [1.29, 1.82) is 0 Å². The molecule has 0 saturated heterocycles. The molecule has 1 amide bonds. The van der Waals surface area contributed by atoms with Crippen LogP contribution in [0.4, 0.5) is 32.2 Å². The monoisotopic (exact) mass is 610 g/mol. The number of carboxylic acid groups (broad SMARTS) is 2. The summed E-state index contributed by atoms with van der Waals surface area (Å²) in [5.41, 5.74) is 4.26. The molecule has 2 aromatic rings. The highest BCUT2D eigenvalue weighted by molar-refractivity contribution is 5.98. The fourth-order valence-electron chi connectivity index (χ4n) is 3.75. The number of aryl methyl sites for hydroxylation is 1. The Morgan fingerprint density at radius 2 is 1.57 bits per heavy atom. The number of nitrogens with zero attached hydrogens (tertiary/aromatic N) is 5. The van der Waals surface area contributed by atoms with Crippen LogP contribution in [0.5, 0.6) is 0 Å². The van der Waals surface area contributed by atoms with E-state index in [-0.39, 0.29) is 5.91 Å². The number of hydrogen-bond acceptors (Lipinski definition) is 7. The molecule has 3 heterocycles. The Hall–Kier alpha value is -3.89. The molecule has 17 heteroatoms. The number of pyridine rings is 1. The van der Waals surface area contributed by atoms with Gasteiger partial charge in [0, 0.05) is 71.2 Å². The van der Waals surface area contributed by atoms with Crippen molar-refractivity contribution in [2.45, 2.75) is 44.6 Å². The number of rotatable bonds is 6. The molecule has 0 unspecified atom stereocenters. The first kappa shape index (κ1) is 34.3. The molecule has 1 fully saturated rings. The Labute approximate surface area is 237 Å². The number of nitrogens with one attached hydrogen (secondary N) is 1. The van der Waals surface area contributed by atoms with Crippen LogP contribution in [-0.4, -0.2) is 98.7 Å². The summed E-state index contributed by atoms with van der Waals surface area (Å²) >= 11 is 0. The third-order valence-corrected chi connectivity index (χ3v) is 6.09. The molecule has 0 bridgehead atoms. The molecule has 0 atom stereocenters. The summed E-state index contributed by atoms with van der Waals surface area (Å²) in [5.74, 6) is -4.01. The molecular weight excluding hydrogens is 578 g/mol. The maximum atomic E-state index is 12.7. The predicted molar refractivity (Wildman–Crippen MR) is 137 cm³/mol. The zero-order valence-corrected chi connectivity index (χ0v) is 23.1. The second-order valence-electron chi connectivity index (χ2n) is 9.92. The first-order valence-corrected chi connectivity index (χ1v) is 12.7. The standard InChI is InChI=1S/C21H30N6O.2C2HF3O2/c1-25(2)21(28)18-10-17-6-8-27(14-16-12-23-26(3)13-16)9-7-19(17)24-20(18)22-11-15-4-5-15;2*3-2(4,5)1(6)7/h10,12-13,15H,4-9,11,14H2,1-3H3,(H,22,24);2*(H,6,7). The number of anilines is 1. The third-order valence-electron chi connectivity index (χ3n) is 6.09. The van der Waals surface area contributed by atoms with Gasteiger partial charge in [-0.05, 0) is 36.8 Å². The molecule has 11 nitrogen and oxygen atoms in total. The first-order valence-electron chi connectivity index (χ1n) is 12.7. The topological polar surface area (TPSA) is 141 Å². The second kappa shape index (κ2) is 14.3. The number of aromatic nitrogens is 3. The van der Waals surface area contributed by atoms with Gasteiger partial charge < -0.3 is 20.4 Å². The van der Waals surface area contributed by atoms with Crippen molar-refractivity contribution in [3.8, 4) is 0 Å². The molecule has 3 N–H and O–H groups in total. The molecule has 4 rings (SSSR count). The molecule has 0 spiro atoms. The van der Waals surface area contributed by atoms with Crippen LogP contribution < -0.4 is 5.32 Å². The number of aliphatic carboxylic acids is 2. The molecule has 0 aromatic carbocycles. The van der Waals surface area contributed by atoms with Crippen molar-refractivity contribution in [3.63, 3.8) is 0 Å². The van der Waals surface area contributed by atoms with E-state index in [1.54, 1.807) is 19.0 Å². The molecule has 2 aromatic heterocycles. The molecule has 1 saturated carbocycles. The third kappa shape index (κ3) is 11.2. The van der Waals surface area contributed by atoms with Gasteiger partial charge in [0.05, 0.1) is 11.8 Å². The van der Waals surface area contributed by atoms with Crippen LogP contribution in [0.1, 0.15) is 40.0 Å². The van der Waals surface area contributed by atoms with E-state index in [0.29, 0.717) is 5.56 Å². The highest BCUT2D eigenvalue weighted by atomic mass is 19.4. The molecule has 0 radical (unpaired) electrons. The molecule has 1 aliphatic carbocycles. The minimum atomic E-state index is -5.08. The molecule has 2 aliphatic rings. The van der Waals surface area contributed by atoms with E-state index in [1.165, 1.54) is 24.0 Å². The van der Waals surface area contributed by atoms with E-state index < -0.39 is 24.3 Å². The van der Waals surface area contributed by atoms with Crippen LogP contribution in [0.2, 0.25) is 0 Å². The van der Waals surface area contributed by atoms with Gasteiger partial charge in [0.15, 0.2) is 0 Å². The maximum Gasteiger partial charge on any atom is 0.490 e. The number of carboxylic acids is 2. The lowest BCUT2D eigenvalue weighted by Crippen LogP contribution is -2.25. The lowest BCUT2D eigenvalue weighted by molar-refractivity contribution is -0.193. The second-order valence-corrected chi connectivity index (χ2v) is 9.92. The van der Waals surface area contributed by atoms with Crippen LogP contribution in [0, 0.1) is 5.92 Å². The van der Waals surface area contributed by atoms with Crippen LogP contribution in [0.25, 0.3) is 0 Å². The van der Waals surface area contributed by atoms with Gasteiger partial charge in [0.1, 0.15) is 5.82 Å². The summed E-state index contributed by atoms with van der Waals surface area (Å²) in [6.45, 7) is 3.75. The fraction of sp³-hybridized carbons (Fsp3) is 0.560. The summed E-state index contributed by atoms with van der Waals surface area (Å²) in [6.07, 6.45) is -1.78. The first-order chi connectivity index (χ1) is 19.4. The van der Waals surface area contributed by atoms with Gasteiger partial charge in [-0.25, -0.2) is 14.6 Å². The van der Waals surface area contributed by atoms with Crippen LogP contribution in [0.15, 0.2) is 18.5 Å². The smallest absolute Gasteiger partial charge is 0.475 e. The fourth-order valence-corrected chi connectivity index (χ4v) is 3.75. The van der Waals surface area contributed by atoms with Crippen LogP contribution in [-0.2, 0) is 36.0 Å². The van der Waals surface area contributed by atoms with E-state index in [9.17, 15) is 31.1 Å². The molecule has 234 valence electrons. The Morgan fingerprint density at radius 1 is 1.02 bits per heavy atom. The average Bonchev–Trinajstić information content (AvgIpc) is 3.65. The lowest BCUT2D eigenvalue weighted by atomic mass is 10.0. The Kier molecular flexibility index (Phi) is 11.7. The van der Waals surface area contributed by atoms with Gasteiger partial charge in [0.2, 0.25) is 0 Å². The summed E-state index contributed by atoms with van der Waals surface area (Å²) < 4.78 is 65.3. The van der Waals surface area contributed by atoms with Gasteiger partial charge in [0.25, 0.3) is 5.91 Å². The van der Waals surface area contributed by atoms with E-state index in [0.717, 1.165) is 56.5 Å². The number of halogens is 6. The number of carbonyl (C=O) groups excluding carboxylic acids is 1. The quantitative estimate of drug-likeness (QED) is 0.421. The number of hydrogen-bond donors (Lipinski definition) is 3. The van der Waals surface area contributed by atoms with Crippen molar-refractivity contribution in [3.05, 3.63) is 40.8 Å². The lowest BCUT2D eigenvalue weighted by Gasteiger charge is -2.18. The van der Waals surface area contributed by atoms with Crippen molar-refractivity contribution in [2.75, 3.05) is 39.0 Å². The minimum Gasteiger partial charge on any atom is -0.475 e. The van der Waals surface area contributed by atoms with Crippen molar-refractivity contribution >= 4 is 23.7 Å². The SMILES string of the molecule is CN(C)C(=O)c1cc2c(nc1NCC1CC1)CCN(Cc1cnn(C)c1)CC2.O=C(O)C(F)(F)F.O=C(O)C(F)(F)F. The van der Waals surface area contributed by atoms with Gasteiger partial charge in [-0.2, -0.15) is 31.4 Å². The van der Waals surface area contributed by atoms with Gasteiger partial charge in [-0.15, -0.1) is 0 Å². The van der Waals surface area contributed by atoms with E-state index in [4.69, 9.17) is 24.8 Å². The summed E-state index contributed by atoms with van der Waals surface area (Å²) in [6, 6.07) is 2.08. The highest BCUT2D eigenvalue weighted by Crippen LogP contribution is 2.30. The zero-order valence-electron chi connectivity index (χ0n) is 23.1. The normalized spacial score (nSPS) is 15.2. The van der Waals surface area contributed by atoms with Crippen molar-refractivity contribution in [1.82, 2.24) is 24.6 Å². The van der Waals surface area contributed by atoms with Gasteiger partial charge >= 0.3 is 24.3 Å². The van der Waals surface area contributed by atoms with Gasteiger partial charge in [-0.1, -0.05) is 0 Å². The maximum absolute atomic E-state index is 12.7. The molecule has 42 heavy (non-hydrogen) atoms. The number of amides is 1. The summed E-state index contributed by atoms with van der Waals surface area (Å²) in [5, 5.41) is 22.0. The van der Waals surface area contributed by atoms with Crippen molar-refractivity contribution < 1.29 is 50.9 Å². The average molecular weight is 611 g/mol. The van der Waals surface area contributed by atoms with E-state index in [2.05, 4.69) is 27.6 Å². The number of alkyl halides is 6.